The number of nitrogens with zero attached hydrogens (tertiary/aromatic N) is 1. The van der Waals surface area contributed by atoms with Crippen LogP contribution in [0.25, 0.3) is 5.70 Å². The fourth-order valence-electron chi connectivity index (χ4n) is 3.76. The molecule has 1 amide bonds. The number of nitrogens with one attached hydrogen (secondary N) is 1. The Hall–Kier alpha value is -2.41. The van der Waals surface area contributed by atoms with Crippen molar-refractivity contribution < 1.29 is 14.3 Å². The van der Waals surface area contributed by atoms with Crippen LogP contribution in [0.15, 0.2) is 30.0 Å². The van der Waals surface area contributed by atoms with Gasteiger partial charge in [-0.05, 0) is 75.8 Å². The molecule has 0 heterocycles. The minimum atomic E-state index is -0.489. The van der Waals surface area contributed by atoms with Crippen LogP contribution in [0.1, 0.15) is 71.3 Å². The Morgan fingerprint density at radius 3 is 2.40 bits per heavy atom. The lowest BCUT2D eigenvalue weighted by Crippen LogP contribution is -2.44. The van der Waals surface area contributed by atoms with Crippen LogP contribution in [-0.2, 0) is 4.74 Å². The van der Waals surface area contributed by atoms with E-state index >= 15 is 0 Å². The first kappa shape index (κ1) is 23.9. The molecule has 7 nitrogen and oxygen atoms in total. The number of likely N-dealkylation sites (N-methyl/N-ethyl adjacent to an activating group) is 1. The second kappa shape index (κ2) is 11.1. The molecule has 5 N–H and O–H groups in total. The molecular formula is C23H38N4O3. The summed E-state index contributed by atoms with van der Waals surface area (Å²) in [7, 11) is 1.67. The van der Waals surface area contributed by atoms with Gasteiger partial charge < -0.3 is 25.5 Å². The van der Waals surface area contributed by atoms with Crippen LogP contribution >= 0.6 is 0 Å². The lowest BCUT2D eigenvalue weighted by Gasteiger charge is -2.26. The Morgan fingerprint density at radius 2 is 1.83 bits per heavy atom. The molecule has 0 bridgehead atoms. The predicted molar refractivity (Wildman–Crippen MR) is 120 cm³/mol. The van der Waals surface area contributed by atoms with Crippen molar-refractivity contribution in [1.29, 1.82) is 0 Å². The van der Waals surface area contributed by atoms with Gasteiger partial charge in [0.05, 0.1) is 17.5 Å². The number of amides is 1. The highest BCUT2D eigenvalue weighted by Gasteiger charge is 2.21. The van der Waals surface area contributed by atoms with Crippen molar-refractivity contribution in [3.8, 4) is 5.75 Å². The molecule has 2 rings (SSSR count). The summed E-state index contributed by atoms with van der Waals surface area (Å²) in [5, 5.41) is 4.26. The van der Waals surface area contributed by atoms with Gasteiger partial charge in [-0.3, -0.25) is 0 Å². The van der Waals surface area contributed by atoms with Crippen LogP contribution < -0.4 is 21.6 Å². The molecule has 7 heteroatoms. The Morgan fingerprint density at radius 1 is 1.20 bits per heavy atom. The molecule has 1 aromatic carbocycles. The van der Waals surface area contributed by atoms with Crippen LogP contribution in [-0.4, -0.2) is 36.4 Å². The SMILES string of the molecule is CCCC(C)(C)NC(=O)OC/C(=C(/N)c1ccc(OC2CCCCC2)cc1)N(C)N. The summed E-state index contributed by atoms with van der Waals surface area (Å²) in [4.78, 5) is 12.2. The topological polar surface area (TPSA) is 103 Å². The quantitative estimate of drug-likeness (QED) is 0.411. The monoisotopic (exact) mass is 418 g/mol. The van der Waals surface area contributed by atoms with Crippen molar-refractivity contribution >= 4 is 11.8 Å². The standard InChI is InChI=1S/C23H38N4O3/c1-5-15-23(2,3)26-22(28)29-16-20(27(4)25)21(24)17-11-13-19(14-12-17)30-18-9-7-6-8-10-18/h11-14,18H,5-10,15-16,24-25H2,1-4H3,(H,26,28)/b21-20-. The Kier molecular flexibility index (Phi) is 8.84. The maximum Gasteiger partial charge on any atom is 0.407 e. The number of hydrogen-bond donors (Lipinski definition) is 3. The van der Waals surface area contributed by atoms with Gasteiger partial charge in [0.2, 0.25) is 0 Å². The summed E-state index contributed by atoms with van der Waals surface area (Å²) in [6.07, 6.45) is 7.62. The molecule has 1 aromatic rings. The van der Waals surface area contributed by atoms with Gasteiger partial charge in [-0.15, -0.1) is 0 Å². The summed E-state index contributed by atoms with van der Waals surface area (Å²) < 4.78 is 11.5. The fourth-order valence-corrected chi connectivity index (χ4v) is 3.76. The molecule has 30 heavy (non-hydrogen) atoms. The molecule has 1 aliphatic rings. The molecule has 0 saturated heterocycles. The first-order valence-corrected chi connectivity index (χ1v) is 10.9. The third kappa shape index (κ3) is 7.44. The highest BCUT2D eigenvalue weighted by Crippen LogP contribution is 2.25. The van der Waals surface area contributed by atoms with Gasteiger partial charge in [0.1, 0.15) is 12.4 Å². The van der Waals surface area contributed by atoms with Crippen LogP contribution in [0.4, 0.5) is 4.79 Å². The van der Waals surface area contributed by atoms with Crippen LogP contribution in [0.5, 0.6) is 5.75 Å². The molecule has 1 saturated carbocycles. The smallest absolute Gasteiger partial charge is 0.407 e. The number of nitrogens with two attached hydrogens (primary N) is 2. The number of hydrazine groups is 1. The second-order valence-corrected chi connectivity index (χ2v) is 8.71. The third-order valence-electron chi connectivity index (χ3n) is 5.41. The first-order valence-electron chi connectivity index (χ1n) is 10.9. The third-order valence-corrected chi connectivity index (χ3v) is 5.41. The second-order valence-electron chi connectivity index (χ2n) is 8.71. The molecule has 1 aliphatic carbocycles. The molecule has 0 aliphatic heterocycles. The lowest BCUT2D eigenvalue weighted by atomic mass is 9.98. The van der Waals surface area contributed by atoms with E-state index in [9.17, 15) is 4.79 Å². The van der Waals surface area contributed by atoms with E-state index in [0.29, 0.717) is 17.5 Å². The average molecular weight is 419 g/mol. The van der Waals surface area contributed by atoms with E-state index in [1.165, 1.54) is 24.3 Å². The van der Waals surface area contributed by atoms with E-state index in [2.05, 4.69) is 12.2 Å². The summed E-state index contributed by atoms with van der Waals surface area (Å²) >= 11 is 0. The molecule has 0 spiro atoms. The van der Waals surface area contributed by atoms with Gasteiger partial charge in [0, 0.05) is 12.6 Å². The molecule has 168 valence electrons. The molecule has 0 atom stereocenters. The van der Waals surface area contributed by atoms with Crippen LogP contribution in [0.3, 0.4) is 0 Å². The fraction of sp³-hybridized carbons (Fsp3) is 0.609. The lowest BCUT2D eigenvalue weighted by molar-refractivity contribution is 0.136. The first-order chi connectivity index (χ1) is 14.2. The zero-order valence-electron chi connectivity index (χ0n) is 18.9. The van der Waals surface area contributed by atoms with Crippen molar-refractivity contribution in [2.75, 3.05) is 13.7 Å². The maximum atomic E-state index is 12.2. The number of ether oxygens (including phenoxy) is 2. The minimum absolute atomic E-state index is 0.0206. The average Bonchev–Trinajstić information content (AvgIpc) is 2.68. The van der Waals surface area contributed by atoms with Crippen molar-refractivity contribution in [1.82, 2.24) is 10.3 Å². The molecule has 0 radical (unpaired) electrons. The highest BCUT2D eigenvalue weighted by atomic mass is 16.5. The van der Waals surface area contributed by atoms with Gasteiger partial charge in [-0.1, -0.05) is 19.8 Å². The number of alkyl carbamates (subject to hydrolysis) is 1. The van der Waals surface area contributed by atoms with Crippen molar-refractivity contribution in [2.45, 2.75) is 77.4 Å². The van der Waals surface area contributed by atoms with Gasteiger partial charge in [-0.2, -0.15) is 0 Å². The summed E-state index contributed by atoms with van der Waals surface area (Å²) in [6, 6.07) is 7.65. The van der Waals surface area contributed by atoms with E-state index in [4.69, 9.17) is 21.1 Å². The number of benzene rings is 1. The van der Waals surface area contributed by atoms with Crippen LogP contribution in [0.2, 0.25) is 0 Å². The summed E-state index contributed by atoms with van der Waals surface area (Å²) in [5.41, 5.74) is 7.80. The highest BCUT2D eigenvalue weighted by molar-refractivity contribution is 5.70. The van der Waals surface area contributed by atoms with Gasteiger partial charge in [0.15, 0.2) is 0 Å². The maximum absolute atomic E-state index is 12.2. The number of carbonyl (C=O) groups excluding carboxylic acids is 1. The minimum Gasteiger partial charge on any atom is -0.490 e. The Balaban J connectivity index is 2.01. The van der Waals surface area contributed by atoms with Crippen molar-refractivity contribution in [3.63, 3.8) is 0 Å². The van der Waals surface area contributed by atoms with Crippen molar-refractivity contribution in [3.05, 3.63) is 35.5 Å². The molecule has 1 fully saturated rings. The van der Waals surface area contributed by atoms with Gasteiger partial charge in [0.25, 0.3) is 0 Å². The van der Waals surface area contributed by atoms with Crippen molar-refractivity contribution in [2.24, 2.45) is 11.6 Å². The zero-order chi connectivity index (χ0) is 22.1. The van der Waals surface area contributed by atoms with E-state index in [1.807, 2.05) is 38.1 Å². The van der Waals surface area contributed by atoms with E-state index in [-0.39, 0.29) is 12.1 Å². The number of rotatable bonds is 9. The molecule has 0 unspecified atom stereocenters. The van der Waals surface area contributed by atoms with Gasteiger partial charge in [-0.25, -0.2) is 10.6 Å². The van der Waals surface area contributed by atoms with Crippen LogP contribution in [0, 0.1) is 0 Å². The molecule has 0 aromatic heterocycles. The Bertz CT molecular complexity index is 708. The molecular weight excluding hydrogens is 380 g/mol. The normalized spacial score (nSPS) is 15.9. The summed E-state index contributed by atoms with van der Waals surface area (Å²) in [6.45, 7) is 5.99. The number of carbonyl (C=O) groups is 1. The van der Waals surface area contributed by atoms with E-state index in [1.54, 1.807) is 7.05 Å². The largest absolute Gasteiger partial charge is 0.490 e. The Labute approximate surface area is 180 Å². The number of hydrogen-bond acceptors (Lipinski definition) is 6. The zero-order valence-corrected chi connectivity index (χ0v) is 18.9. The van der Waals surface area contributed by atoms with E-state index in [0.717, 1.165) is 37.0 Å². The van der Waals surface area contributed by atoms with E-state index < -0.39 is 6.09 Å². The predicted octanol–water partition coefficient (Wildman–Crippen LogP) is 4.14. The summed E-state index contributed by atoms with van der Waals surface area (Å²) in [5.74, 6) is 6.79. The van der Waals surface area contributed by atoms with Gasteiger partial charge >= 0.3 is 6.09 Å².